The van der Waals surface area contributed by atoms with E-state index in [9.17, 15) is 4.79 Å². The summed E-state index contributed by atoms with van der Waals surface area (Å²) in [6.07, 6.45) is 0. The van der Waals surface area contributed by atoms with Gasteiger partial charge in [-0.3, -0.25) is 14.3 Å². The van der Waals surface area contributed by atoms with Gasteiger partial charge >= 0.3 is 0 Å². The number of rotatable bonds is 9. The number of ether oxygens (including phenoxy) is 1. The number of aromatic nitrogens is 4. The number of nitrogens with one attached hydrogen (secondary N) is 1. The van der Waals surface area contributed by atoms with Crippen LogP contribution >= 0.6 is 34.7 Å². The van der Waals surface area contributed by atoms with Gasteiger partial charge in [0.2, 0.25) is 5.91 Å². The first-order valence-corrected chi connectivity index (χ1v) is 13.0. The monoisotopic (exact) mass is 528 g/mol. The molecule has 2 aromatic heterocycles. The Morgan fingerprint density at radius 3 is 2.54 bits per heavy atom. The second-order valence-electron chi connectivity index (χ2n) is 7.90. The maximum absolute atomic E-state index is 12.7. The first-order valence-electron chi connectivity index (χ1n) is 10.8. The summed E-state index contributed by atoms with van der Waals surface area (Å²) in [6, 6.07) is 15.1. The fourth-order valence-corrected chi connectivity index (χ4v) is 4.84. The summed E-state index contributed by atoms with van der Waals surface area (Å²) in [5.41, 5.74) is 2.64. The summed E-state index contributed by atoms with van der Waals surface area (Å²) in [6.45, 7) is 2.06. The van der Waals surface area contributed by atoms with Gasteiger partial charge in [0, 0.05) is 21.7 Å². The third kappa shape index (κ3) is 6.02. The number of carbonyl (C=O) groups excluding carboxylic acids is 1. The van der Waals surface area contributed by atoms with Gasteiger partial charge in [0.15, 0.2) is 16.1 Å². The van der Waals surface area contributed by atoms with Gasteiger partial charge < -0.3 is 10.1 Å². The highest BCUT2D eigenvalue weighted by molar-refractivity contribution is 7.99. The SMILES string of the molecule is COc1ccc(-c2csc(NC(=O)CSc3nnc(C(C)N(C)C)n3-c3ccc(Cl)cc3)n2)cc1. The zero-order chi connectivity index (χ0) is 24.9. The molecular weight excluding hydrogens is 504 g/mol. The average Bonchev–Trinajstić information content (AvgIpc) is 3.50. The Morgan fingerprint density at radius 2 is 1.89 bits per heavy atom. The van der Waals surface area contributed by atoms with Crippen molar-refractivity contribution >= 4 is 45.7 Å². The highest BCUT2D eigenvalue weighted by atomic mass is 35.5. The number of benzene rings is 2. The Hall–Kier alpha value is -2.92. The molecular formula is C24H25ClN6O2S2. The van der Waals surface area contributed by atoms with Gasteiger partial charge in [0.1, 0.15) is 5.75 Å². The molecule has 0 spiro atoms. The molecule has 0 bridgehead atoms. The summed E-state index contributed by atoms with van der Waals surface area (Å²) < 4.78 is 7.16. The van der Waals surface area contributed by atoms with Gasteiger partial charge in [-0.15, -0.1) is 21.5 Å². The zero-order valence-corrected chi connectivity index (χ0v) is 22.1. The maximum Gasteiger partial charge on any atom is 0.236 e. The molecule has 11 heteroatoms. The minimum absolute atomic E-state index is 0.0213. The zero-order valence-electron chi connectivity index (χ0n) is 19.7. The first kappa shape index (κ1) is 25.2. The molecule has 1 N–H and O–H groups in total. The molecule has 35 heavy (non-hydrogen) atoms. The lowest BCUT2D eigenvalue weighted by Gasteiger charge is -2.20. The molecule has 1 atom stereocenters. The number of anilines is 1. The van der Waals surface area contributed by atoms with Crippen LogP contribution in [0.15, 0.2) is 59.1 Å². The fraction of sp³-hybridized carbons (Fsp3) is 0.250. The van der Waals surface area contributed by atoms with Crippen LogP contribution in [0.25, 0.3) is 16.9 Å². The summed E-state index contributed by atoms with van der Waals surface area (Å²) >= 11 is 8.78. The summed E-state index contributed by atoms with van der Waals surface area (Å²) in [4.78, 5) is 19.3. The van der Waals surface area contributed by atoms with Crippen molar-refractivity contribution in [3.63, 3.8) is 0 Å². The van der Waals surface area contributed by atoms with Crippen molar-refractivity contribution in [2.45, 2.75) is 18.1 Å². The third-order valence-electron chi connectivity index (χ3n) is 5.36. The van der Waals surface area contributed by atoms with Crippen molar-refractivity contribution in [1.82, 2.24) is 24.6 Å². The Kier molecular flexibility index (Phi) is 8.07. The van der Waals surface area contributed by atoms with Crippen molar-refractivity contribution in [1.29, 1.82) is 0 Å². The first-order chi connectivity index (χ1) is 16.9. The number of methoxy groups -OCH3 is 1. The van der Waals surface area contributed by atoms with Gasteiger partial charge in [0.25, 0.3) is 0 Å². The number of hydrogen-bond acceptors (Lipinski definition) is 8. The lowest BCUT2D eigenvalue weighted by Crippen LogP contribution is -2.21. The van der Waals surface area contributed by atoms with Gasteiger partial charge in [-0.05, 0) is 69.6 Å². The quantitative estimate of drug-likeness (QED) is 0.291. The second-order valence-corrected chi connectivity index (χ2v) is 10.1. The minimum atomic E-state index is -0.168. The molecule has 1 unspecified atom stereocenters. The lowest BCUT2D eigenvalue weighted by atomic mass is 10.2. The average molecular weight is 529 g/mol. The van der Waals surface area contributed by atoms with Crippen LogP contribution in [0.3, 0.4) is 0 Å². The van der Waals surface area contributed by atoms with E-state index in [4.69, 9.17) is 16.3 Å². The second kappa shape index (κ2) is 11.2. The molecule has 0 fully saturated rings. The number of thioether (sulfide) groups is 1. The Morgan fingerprint density at radius 1 is 1.17 bits per heavy atom. The number of carbonyl (C=O) groups is 1. The molecule has 4 aromatic rings. The highest BCUT2D eigenvalue weighted by Crippen LogP contribution is 2.29. The topological polar surface area (TPSA) is 85.2 Å². The molecule has 0 saturated carbocycles. The number of halogens is 1. The van der Waals surface area contributed by atoms with Crippen LogP contribution in [0.1, 0.15) is 18.8 Å². The van der Waals surface area contributed by atoms with E-state index in [1.54, 1.807) is 7.11 Å². The molecule has 1 amide bonds. The predicted molar refractivity (Wildman–Crippen MR) is 142 cm³/mol. The Bertz CT molecular complexity index is 1290. The van der Waals surface area contributed by atoms with Crippen LogP contribution in [0.2, 0.25) is 5.02 Å². The van der Waals surface area contributed by atoms with Crippen molar-refractivity contribution < 1.29 is 9.53 Å². The summed E-state index contributed by atoms with van der Waals surface area (Å²) in [5.74, 6) is 1.56. The van der Waals surface area contributed by atoms with Crippen molar-refractivity contribution in [2.75, 3.05) is 32.3 Å². The molecule has 0 saturated heterocycles. The van der Waals surface area contributed by atoms with Crippen molar-refractivity contribution in [2.24, 2.45) is 0 Å². The summed E-state index contributed by atoms with van der Waals surface area (Å²) in [5, 5.41) is 15.4. The number of hydrogen-bond donors (Lipinski definition) is 1. The molecule has 4 rings (SSSR count). The van der Waals surface area contributed by atoms with Gasteiger partial charge in [-0.1, -0.05) is 23.4 Å². The van der Waals surface area contributed by atoms with Gasteiger partial charge in [0.05, 0.1) is 24.6 Å². The fourth-order valence-electron chi connectivity index (χ4n) is 3.22. The van der Waals surface area contributed by atoms with E-state index >= 15 is 0 Å². The van der Waals surface area contributed by atoms with Crippen LogP contribution in [0.4, 0.5) is 5.13 Å². The van der Waals surface area contributed by atoms with E-state index < -0.39 is 0 Å². The predicted octanol–water partition coefficient (Wildman–Crippen LogP) is 5.41. The summed E-state index contributed by atoms with van der Waals surface area (Å²) in [7, 11) is 5.60. The number of amides is 1. The normalized spacial score (nSPS) is 12.1. The largest absolute Gasteiger partial charge is 0.497 e. The Labute approximate surface area is 217 Å². The van der Waals surface area contributed by atoms with Gasteiger partial charge in [-0.25, -0.2) is 4.98 Å². The van der Waals surface area contributed by atoms with Crippen LogP contribution in [0, 0.1) is 0 Å². The molecule has 2 heterocycles. The molecule has 0 aliphatic rings. The highest BCUT2D eigenvalue weighted by Gasteiger charge is 2.21. The van der Waals surface area contributed by atoms with Crippen molar-refractivity contribution in [3.05, 3.63) is 64.8 Å². The lowest BCUT2D eigenvalue weighted by molar-refractivity contribution is -0.113. The van der Waals surface area contributed by atoms with E-state index in [1.807, 2.05) is 72.6 Å². The minimum Gasteiger partial charge on any atom is -0.497 e. The molecule has 0 aliphatic carbocycles. The Balaban J connectivity index is 1.46. The van der Waals surface area contributed by atoms with E-state index in [0.29, 0.717) is 15.3 Å². The molecule has 8 nitrogen and oxygen atoms in total. The smallest absolute Gasteiger partial charge is 0.236 e. The van der Waals surface area contributed by atoms with Crippen LogP contribution in [0.5, 0.6) is 5.75 Å². The van der Waals surface area contributed by atoms with Crippen LogP contribution < -0.4 is 10.1 Å². The molecule has 182 valence electrons. The van der Waals surface area contributed by atoms with Crippen LogP contribution in [-0.2, 0) is 4.79 Å². The third-order valence-corrected chi connectivity index (χ3v) is 7.30. The molecule has 2 aromatic carbocycles. The number of thiazole rings is 1. The van der Waals surface area contributed by atoms with E-state index in [-0.39, 0.29) is 17.7 Å². The molecule has 0 radical (unpaired) electrons. The van der Waals surface area contributed by atoms with E-state index in [2.05, 4.69) is 32.3 Å². The number of nitrogens with zero attached hydrogens (tertiary/aromatic N) is 5. The standard InChI is InChI=1S/C24H25ClN6O2S2/c1-15(30(2)3)22-28-29-24(31(22)18-9-7-17(25)8-10-18)35-14-21(32)27-23-26-20(13-34-23)16-5-11-19(33-4)12-6-16/h5-13,15H,14H2,1-4H3,(H,26,27,32). The van der Waals surface area contributed by atoms with E-state index in [0.717, 1.165) is 28.5 Å². The van der Waals surface area contributed by atoms with Crippen LogP contribution in [-0.4, -0.2) is 57.5 Å². The van der Waals surface area contributed by atoms with Crippen molar-refractivity contribution in [3.8, 4) is 22.7 Å². The molecule has 0 aliphatic heterocycles. The maximum atomic E-state index is 12.7. The van der Waals surface area contributed by atoms with E-state index in [1.165, 1.54) is 23.1 Å². The van der Waals surface area contributed by atoms with Gasteiger partial charge in [-0.2, -0.15) is 0 Å².